The van der Waals surface area contributed by atoms with E-state index < -0.39 is 0 Å². The summed E-state index contributed by atoms with van der Waals surface area (Å²) in [6.07, 6.45) is 1.69. The maximum absolute atomic E-state index is 5.18. The Hall–Kier alpha value is -1.62. The number of hydrogen-bond acceptors (Lipinski definition) is 4. The molecule has 1 aromatic heterocycles. The number of aromatic nitrogens is 2. The molecule has 18 heavy (non-hydrogen) atoms. The first-order valence-corrected chi connectivity index (χ1v) is 6.28. The molecule has 0 unspecified atom stereocenters. The molecule has 94 valence electrons. The molecule has 0 bridgehead atoms. The zero-order valence-corrected chi connectivity index (χ0v) is 12.1. The number of rotatable bonds is 3. The molecule has 0 fully saturated rings. The van der Waals surface area contributed by atoms with Crippen molar-refractivity contribution in [3.05, 3.63) is 40.5 Å². The largest absolute Gasteiger partial charge is 0.480 e. The van der Waals surface area contributed by atoms with Crippen LogP contribution in [0.3, 0.4) is 0 Å². The summed E-state index contributed by atoms with van der Waals surface area (Å²) in [4.78, 5) is 10.6. The van der Waals surface area contributed by atoms with Gasteiger partial charge in [0.1, 0.15) is 0 Å². The van der Waals surface area contributed by atoms with E-state index in [0.29, 0.717) is 11.8 Å². The molecule has 0 radical (unpaired) electrons. The van der Waals surface area contributed by atoms with Crippen LogP contribution >= 0.6 is 15.9 Å². The highest BCUT2D eigenvalue weighted by molar-refractivity contribution is 9.10. The van der Waals surface area contributed by atoms with Crippen LogP contribution in [0, 0.1) is 6.92 Å². The number of nitrogens with zero attached hydrogens (tertiary/aromatic N) is 3. The fourth-order valence-electron chi connectivity index (χ4n) is 1.69. The van der Waals surface area contributed by atoms with Gasteiger partial charge in [0.05, 0.1) is 17.8 Å². The summed E-state index contributed by atoms with van der Waals surface area (Å²) in [5.41, 5.74) is 2.24. The summed E-state index contributed by atoms with van der Waals surface area (Å²) < 4.78 is 5.92. The fourth-order valence-corrected chi connectivity index (χ4v) is 2.05. The Morgan fingerprint density at radius 3 is 2.67 bits per heavy atom. The minimum Gasteiger partial charge on any atom is -0.480 e. The normalized spacial score (nSPS) is 10.2. The Labute approximate surface area is 115 Å². The summed E-state index contributed by atoms with van der Waals surface area (Å²) in [5.74, 6) is 1.13. The number of ether oxygens (including phenoxy) is 1. The Bertz CT molecular complexity index is 560. The molecule has 0 saturated carbocycles. The number of hydrogen-bond donors (Lipinski definition) is 0. The van der Waals surface area contributed by atoms with Gasteiger partial charge in [-0.3, -0.25) is 0 Å². The molecule has 1 heterocycles. The van der Waals surface area contributed by atoms with Gasteiger partial charge in [0.25, 0.3) is 0 Å². The predicted molar refractivity (Wildman–Crippen MR) is 75.5 cm³/mol. The van der Waals surface area contributed by atoms with E-state index in [2.05, 4.69) is 38.9 Å². The van der Waals surface area contributed by atoms with E-state index in [1.807, 2.05) is 30.1 Å². The van der Waals surface area contributed by atoms with Crippen LogP contribution in [-0.4, -0.2) is 24.1 Å². The van der Waals surface area contributed by atoms with E-state index in [9.17, 15) is 0 Å². The van der Waals surface area contributed by atoms with Crippen molar-refractivity contribution in [1.82, 2.24) is 9.97 Å². The number of methoxy groups -OCH3 is 1. The summed E-state index contributed by atoms with van der Waals surface area (Å²) in [6.45, 7) is 2.06. The quantitative estimate of drug-likeness (QED) is 0.872. The van der Waals surface area contributed by atoms with E-state index in [0.717, 1.165) is 10.2 Å². The maximum Gasteiger partial charge on any atom is 0.232 e. The van der Waals surface area contributed by atoms with Gasteiger partial charge >= 0.3 is 0 Å². The van der Waals surface area contributed by atoms with Crippen molar-refractivity contribution in [3.8, 4) is 5.88 Å². The van der Waals surface area contributed by atoms with Crippen LogP contribution in [0.2, 0.25) is 0 Å². The van der Waals surface area contributed by atoms with Gasteiger partial charge in [0.2, 0.25) is 11.8 Å². The van der Waals surface area contributed by atoms with Crippen LogP contribution in [0.1, 0.15) is 5.56 Å². The average Bonchev–Trinajstić information content (AvgIpc) is 2.39. The maximum atomic E-state index is 5.18. The van der Waals surface area contributed by atoms with Gasteiger partial charge < -0.3 is 9.64 Å². The fraction of sp³-hybridized carbons (Fsp3) is 0.231. The third-order valence-electron chi connectivity index (χ3n) is 2.67. The van der Waals surface area contributed by atoms with Crippen LogP contribution in [0.5, 0.6) is 5.88 Å². The lowest BCUT2D eigenvalue weighted by atomic mass is 10.2. The SMILES string of the molecule is COc1nc(N(C)c2ccccc2C)ncc1Br. The van der Waals surface area contributed by atoms with Crippen LogP contribution < -0.4 is 9.64 Å². The molecular weight excluding hydrogens is 294 g/mol. The van der Waals surface area contributed by atoms with Crippen LogP contribution in [0.4, 0.5) is 11.6 Å². The molecule has 2 aromatic rings. The van der Waals surface area contributed by atoms with E-state index in [4.69, 9.17) is 4.74 Å². The molecular formula is C13H14BrN3O. The Morgan fingerprint density at radius 1 is 1.28 bits per heavy atom. The summed E-state index contributed by atoms with van der Waals surface area (Å²) in [5, 5.41) is 0. The van der Waals surface area contributed by atoms with Gasteiger partial charge in [-0.05, 0) is 34.5 Å². The minimum absolute atomic E-state index is 0.528. The standard InChI is InChI=1S/C13H14BrN3O/c1-9-6-4-5-7-11(9)17(2)13-15-8-10(14)12(16-13)18-3/h4-8H,1-3H3. The number of para-hydroxylation sites is 1. The lowest BCUT2D eigenvalue weighted by molar-refractivity contribution is 0.394. The average molecular weight is 308 g/mol. The number of benzene rings is 1. The molecule has 0 aliphatic rings. The summed E-state index contributed by atoms with van der Waals surface area (Å²) in [7, 11) is 3.52. The molecule has 1 aromatic carbocycles. The van der Waals surface area contributed by atoms with Crippen molar-refractivity contribution < 1.29 is 4.74 Å². The van der Waals surface area contributed by atoms with Crippen molar-refractivity contribution in [3.63, 3.8) is 0 Å². The summed E-state index contributed by atoms with van der Waals surface area (Å²) >= 11 is 3.34. The van der Waals surface area contributed by atoms with E-state index >= 15 is 0 Å². The molecule has 5 heteroatoms. The van der Waals surface area contributed by atoms with Crippen LogP contribution in [0.25, 0.3) is 0 Å². The molecule has 0 aliphatic carbocycles. The Balaban J connectivity index is 2.40. The molecule has 0 N–H and O–H groups in total. The first-order valence-electron chi connectivity index (χ1n) is 5.49. The second-order valence-electron chi connectivity index (χ2n) is 3.87. The van der Waals surface area contributed by atoms with E-state index in [1.54, 1.807) is 13.3 Å². The van der Waals surface area contributed by atoms with Crippen molar-refractivity contribution in [2.24, 2.45) is 0 Å². The van der Waals surface area contributed by atoms with Gasteiger partial charge in [0, 0.05) is 12.7 Å². The molecule has 0 spiro atoms. The number of halogens is 1. The topological polar surface area (TPSA) is 38.2 Å². The number of aryl methyl sites for hydroxylation is 1. The van der Waals surface area contributed by atoms with Gasteiger partial charge in [-0.1, -0.05) is 18.2 Å². The van der Waals surface area contributed by atoms with Crippen molar-refractivity contribution >= 4 is 27.6 Å². The van der Waals surface area contributed by atoms with Gasteiger partial charge in [0.15, 0.2) is 0 Å². The third-order valence-corrected chi connectivity index (χ3v) is 3.21. The first-order chi connectivity index (χ1) is 8.63. The van der Waals surface area contributed by atoms with Gasteiger partial charge in [-0.15, -0.1) is 0 Å². The lowest BCUT2D eigenvalue weighted by Crippen LogP contribution is -2.14. The highest BCUT2D eigenvalue weighted by atomic mass is 79.9. The van der Waals surface area contributed by atoms with Crippen molar-refractivity contribution in [2.45, 2.75) is 6.92 Å². The second kappa shape index (κ2) is 5.35. The molecule has 0 amide bonds. The van der Waals surface area contributed by atoms with Crippen LogP contribution in [-0.2, 0) is 0 Å². The van der Waals surface area contributed by atoms with Crippen LogP contribution in [0.15, 0.2) is 34.9 Å². The Kier molecular flexibility index (Phi) is 3.81. The highest BCUT2D eigenvalue weighted by Gasteiger charge is 2.12. The van der Waals surface area contributed by atoms with E-state index in [-0.39, 0.29) is 0 Å². The lowest BCUT2D eigenvalue weighted by Gasteiger charge is -2.19. The molecule has 2 rings (SSSR count). The number of anilines is 2. The second-order valence-corrected chi connectivity index (χ2v) is 4.73. The zero-order chi connectivity index (χ0) is 13.1. The Morgan fingerprint density at radius 2 is 2.00 bits per heavy atom. The van der Waals surface area contributed by atoms with Gasteiger partial charge in [-0.2, -0.15) is 4.98 Å². The third kappa shape index (κ3) is 2.46. The van der Waals surface area contributed by atoms with Gasteiger partial charge in [-0.25, -0.2) is 4.98 Å². The molecule has 0 atom stereocenters. The van der Waals surface area contributed by atoms with Crippen molar-refractivity contribution in [1.29, 1.82) is 0 Å². The van der Waals surface area contributed by atoms with E-state index in [1.165, 1.54) is 5.56 Å². The highest BCUT2D eigenvalue weighted by Crippen LogP contribution is 2.27. The minimum atomic E-state index is 0.528. The molecule has 0 saturated heterocycles. The van der Waals surface area contributed by atoms with Crippen molar-refractivity contribution in [2.75, 3.05) is 19.1 Å². The predicted octanol–water partition coefficient (Wildman–Crippen LogP) is 3.32. The monoisotopic (exact) mass is 307 g/mol. The summed E-state index contributed by atoms with van der Waals surface area (Å²) in [6, 6.07) is 8.10. The molecule has 4 nitrogen and oxygen atoms in total. The zero-order valence-electron chi connectivity index (χ0n) is 10.5. The smallest absolute Gasteiger partial charge is 0.232 e. The molecule has 0 aliphatic heterocycles. The first kappa shape index (κ1) is 12.8.